The lowest BCUT2D eigenvalue weighted by atomic mass is 9.72. The highest BCUT2D eigenvalue weighted by molar-refractivity contribution is 6.25. The maximum atomic E-state index is 12.4. The molecule has 0 fully saturated rings. The number of aliphatic carboxylic acids is 6. The van der Waals surface area contributed by atoms with E-state index in [4.69, 9.17) is 10.2 Å². The molecule has 2 atom stereocenters. The van der Waals surface area contributed by atoms with E-state index in [0.29, 0.717) is 0 Å². The molecular formula is C16H18O15. The van der Waals surface area contributed by atoms with E-state index in [-0.39, 0.29) is 0 Å². The Morgan fingerprint density at radius 3 is 0.935 bits per heavy atom. The second-order valence-corrected chi connectivity index (χ2v) is 6.11. The van der Waals surface area contributed by atoms with Crippen molar-refractivity contribution in [1.29, 1.82) is 0 Å². The van der Waals surface area contributed by atoms with Crippen molar-refractivity contribution < 1.29 is 73.7 Å². The Morgan fingerprint density at radius 1 is 0.581 bits per heavy atom. The molecule has 0 amide bonds. The summed E-state index contributed by atoms with van der Waals surface area (Å²) in [6.45, 7) is 1.95. The van der Waals surface area contributed by atoms with Crippen LogP contribution in [0.5, 0.6) is 0 Å². The highest BCUT2D eigenvalue weighted by Gasteiger charge is 2.68. The van der Waals surface area contributed by atoms with Gasteiger partial charge in [-0.25, -0.2) is 9.59 Å². The minimum atomic E-state index is -3.98. The van der Waals surface area contributed by atoms with Crippen LogP contribution in [0, 0.1) is 22.7 Å². The number of ether oxygens (including phenoxy) is 1. The standard InChI is InChI=1S/C16H18O15/c1-3-5(7(17)18)15(9(21)22,10(23)24)13(29)31-14(30)16(11(25)26,12(27)28)6(4-2)8(19)20/h5-6H,3-4H2,1-2H3,(H,17,18)(H,19,20)(H,21,22)(H,23,24)(H,25,26)(H,27,28). The molecule has 0 aliphatic carbocycles. The molecule has 0 saturated heterocycles. The van der Waals surface area contributed by atoms with E-state index in [9.17, 15) is 58.8 Å². The molecule has 0 saturated carbocycles. The van der Waals surface area contributed by atoms with Crippen LogP contribution in [0.4, 0.5) is 0 Å². The first-order valence-electron chi connectivity index (χ1n) is 8.27. The largest absolute Gasteiger partial charge is 0.481 e. The van der Waals surface area contributed by atoms with Crippen molar-refractivity contribution in [3.05, 3.63) is 0 Å². The Bertz CT molecular complexity index is 742. The molecule has 0 rings (SSSR count). The van der Waals surface area contributed by atoms with E-state index in [0.717, 1.165) is 13.8 Å². The van der Waals surface area contributed by atoms with Crippen molar-refractivity contribution in [2.24, 2.45) is 22.7 Å². The fraction of sp³-hybridized carbons (Fsp3) is 0.500. The van der Waals surface area contributed by atoms with Gasteiger partial charge in [0, 0.05) is 0 Å². The van der Waals surface area contributed by atoms with Crippen LogP contribution in [0.15, 0.2) is 0 Å². The lowest BCUT2D eigenvalue weighted by Gasteiger charge is -2.31. The first-order valence-corrected chi connectivity index (χ1v) is 8.27. The Kier molecular flexibility index (Phi) is 8.38. The normalized spacial score (nSPS) is 13.4. The van der Waals surface area contributed by atoms with Crippen LogP contribution in [-0.4, -0.2) is 78.4 Å². The van der Waals surface area contributed by atoms with E-state index < -0.39 is 83.3 Å². The van der Waals surface area contributed by atoms with E-state index >= 15 is 0 Å². The zero-order chi connectivity index (χ0) is 24.9. The van der Waals surface area contributed by atoms with Crippen molar-refractivity contribution >= 4 is 47.8 Å². The van der Waals surface area contributed by atoms with Crippen molar-refractivity contribution in [2.75, 3.05) is 0 Å². The second-order valence-electron chi connectivity index (χ2n) is 6.11. The molecule has 2 unspecified atom stereocenters. The summed E-state index contributed by atoms with van der Waals surface area (Å²) in [4.78, 5) is 94.1. The number of hydrogen-bond donors (Lipinski definition) is 6. The Hall–Kier alpha value is -4.04. The van der Waals surface area contributed by atoms with E-state index in [1.807, 2.05) is 0 Å². The molecule has 0 bridgehead atoms. The lowest BCUT2D eigenvalue weighted by molar-refractivity contribution is -0.197. The molecule has 6 N–H and O–H groups in total. The van der Waals surface area contributed by atoms with Crippen LogP contribution in [0.2, 0.25) is 0 Å². The molecule has 172 valence electrons. The molecule has 0 aliphatic heterocycles. The summed E-state index contributed by atoms with van der Waals surface area (Å²) < 4.78 is 3.96. The maximum absolute atomic E-state index is 12.4. The quantitative estimate of drug-likeness (QED) is 0.147. The van der Waals surface area contributed by atoms with Gasteiger partial charge in [0.15, 0.2) is 0 Å². The summed E-state index contributed by atoms with van der Waals surface area (Å²) in [6.07, 6.45) is -1.60. The topological polar surface area (TPSA) is 267 Å². The Morgan fingerprint density at radius 2 is 0.806 bits per heavy atom. The molecule has 0 radical (unpaired) electrons. The van der Waals surface area contributed by atoms with Crippen molar-refractivity contribution in [2.45, 2.75) is 26.7 Å². The van der Waals surface area contributed by atoms with Gasteiger partial charge < -0.3 is 35.4 Å². The first kappa shape index (κ1) is 27.0. The summed E-state index contributed by atoms with van der Waals surface area (Å²) in [5.74, 6) is -24.9. The lowest BCUT2D eigenvalue weighted by Crippen LogP contribution is -2.59. The number of carboxylic acids is 6. The Labute approximate surface area is 171 Å². The molecule has 0 aromatic rings. The van der Waals surface area contributed by atoms with Crippen molar-refractivity contribution in [3.63, 3.8) is 0 Å². The molecular weight excluding hydrogens is 432 g/mol. The van der Waals surface area contributed by atoms with Gasteiger partial charge in [-0.15, -0.1) is 0 Å². The van der Waals surface area contributed by atoms with Crippen LogP contribution >= 0.6 is 0 Å². The van der Waals surface area contributed by atoms with Gasteiger partial charge in [-0.05, 0) is 12.8 Å². The molecule has 15 heteroatoms. The van der Waals surface area contributed by atoms with E-state index in [1.165, 1.54) is 0 Å². The number of hydrogen-bond acceptors (Lipinski definition) is 9. The Balaban J connectivity index is 6.84. The summed E-state index contributed by atoms with van der Waals surface area (Å²) in [5, 5.41) is 55.5. The third-order valence-electron chi connectivity index (χ3n) is 4.64. The summed E-state index contributed by atoms with van der Waals surface area (Å²) in [5.41, 5.74) is -7.96. The highest BCUT2D eigenvalue weighted by atomic mass is 16.6. The van der Waals surface area contributed by atoms with Gasteiger partial charge in [-0.2, -0.15) is 0 Å². The smallest absolute Gasteiger partial charge is 0.343 e. The van der Waals surface area contributed by atoms with Gasteiger partial charge in [0.05, 0.1) is 11.8 Å². The number of carbonyl (C=O) groups excluding carboxylic acids is 2. The molecule has 0 spiro atoms. The number of rotatable bonds is 12. The predicted molar refractivity (Wildman–Crippen MR) is 89.3 cm³/mol. The van der Waals surface area contributed by atoms with Crippen LogP contribution in [-0.2, 0) is 43.1 Å². The number of carboxylic acid groups (broad SMARTS) is 6. The van der Waals surface area contributed by atoms with Crippen LogP contribution in [0.3, 0.4) is 0 Å². The zero-order valence-corrected chi connectivity index (χ0v) is 15.9. The highest BCUT2D eigenvalue weighted by Crippen LogP contribution is 2.38. The second kappa shape index (κ2) is 9.64. The van der Waals surface area contributed by atoms with Gasteiger partial charge in [-0.1, -0.05) is 13.8 Å². The molecule has 0 aromatic carbocycles. The molecule has 31 heavy (non-hydrogen) atoms. The SMILES string of the molecule is CCC(C(=O)O)C(C(=O)O)(C(=O)O)C(=O)OC(=O)C(C(=O)O)(C(=O)O)C(CC)C(=O)O. The van der Waals surface area contributed by atoms with E-state index in [1.54, 1.807) is 0 Å². The molecule has 0 aromatic heterocycles. The van der Waals surface area contributed by atoms with Gasteiger partial charge in [0.25, 0.3) is 10.8 Å². The van der Waals surface area contributed by atoms with Gasteiger partial charge in [-0.3, -0.25) is 28.8 Å². The third-order valence-corrected chi connectivity index (χ3v) is 4.64. The number of esters is 2. The average molecular weight is 450 g/mol. The minimum Gasteiger partial charge on any atom is -0.481 e. The maximum Gasteiger partial charge on any atom is 0.343 e. The van der Waals surface area contributed by atoms with Crippen molar-refractivity contribution in [3.8, 4) is 0 Å². The van der Waals surface area contributed by atoms with Gasteiger partial charge >= 0.3 is 47.8 Å². The van der Waals surface area contributed by atoms with Crippen molar-refractivity contribution in [1.82, 2.24) is 0 Å². The fourth-order valence-corrected chi connectivity index (χ4v) is 2.99. The molecule has 0 aliphatic rings. The predicted octanol–water partition coefficient (Wildman–Crippen LogP) is -1.41. The third kappa shape index (κ3) is 4.15. The zero-order valence-electron chi connectivity index (χ0n) is 15.9. The van der Waals surface area contributed by atoms with Crippen LogP contribution in [0.1, 0.15) is 26.7 Å². The monoisotopic (exact) mass is 450 g/mol. The summed E-state index contributed by atoms with van der Waals surface area (Å²) >= 11 is 0. The van der Waals surface area contributed by atoms with Crippen LogP contribution in [0.25, 0.3) is 0 Å². The fourth-order valence-electron chi connectivity index (χ4n) is 2.99. The van der Waals surface area contributed by atoms with E-state index in [2.05, 4.69) is 4.74 Å². The number of carbonyl (C=O) groups is 8. The molecule has 15 nitrogen and oxygen atoms in total. The minimum absolute atomic E-state index is 0.799. The van der Waals surface area contributed by atoms with Gasteiger partial charge in [0.2, 0.25) is 0 Å². The molecule has 0 heterocycles. The van der Waals surface area contributed by atoms with Crippen LogP contribution < -0.4 is 0 Å². The average Bonchev–Trinajstić information content (AvgIpc) is 2.61. The summed E-state index contributed by atoms with van der Waals surface area (Å²) in [7, 11) is 0. The van der Waals surface area contributed by atoms with Gasteiger partial charge in [0.1, 0.15) is 0 Å². The summed E-state index contributed by atoms with van der Waals surface area (Å²) in [6, 6.07) is 0. The first-order chi connectivity index (χ1) is 14.1.